The molecule has 3 aliphatic rings. The molecule has 4 rings (SSSR count). The van der Waals surface area contributed by atoms with Crippen LogP contribution in [0.4, 0.5) is 5.69 Å². The molecule has 2 saturated heterocycles. The van der Waals surface area contributed by atoms with Crippen molar-refractivity contribution in [1.82, 2.24) is 9.80 Å². The maximum atomic E-state index is 12.7. The van der Waals surface area contributed by atoms with Crippen molar-refractivity contribution in [2.24, 2.45) is 11.8 Å². The van der Waals surface area contributed by atoms with Gasteiger partial charge in [-0.2, -0.15) is 0 Å². The lowest BCUT2D eigenvalue weighted by Gasteiger charge is -2.37. The molecule has 6 unspecified atom stereocenters. The van der Waals surface area contributed by atoms with Crippen LogP contribution < -0.4 is 9.64 Å². The Kier molecular flexibility index (Phi) is 11.0. The van der Waals surface area contributed by atoms with E-state index in [4.69, 9.17) is 25.2 Å². The van der Waals surface area contributed by atoms with Crippen molar-refractivity contribution in [2.45, 2.75) is 50.6 Å². The van der Waals surface area contributed by atoms with E-state index < -0.39 is 48.2 Å². The third-order valence-corrected chi connectivity index (χ3v) is 7.80. The molecule has 14 heteroatoms. The Balaban J connectivity index is 0.000000397. The summed E-state index contributed by atoms with van der Waals surface area (Å²) in [5.41, 5.74) is 2.33. The number of imide groups is 1. The highest BCUT2D eigenvalue weighted by Gasteiger charge is 2.51. The fraction of sp³-hybridized carbons (Fsp3) is 0.630. The van der Waals surface area contributed by atoms with Crippen LogP contribution in [0.15, 0.2) is 18.2 Å². The zero-order valence-electron chi connectivity index (χ0n) is 23.1. The van der Waals surface area contributed by atoms with Crippen LogP contribution >= 0.6 is 0 Å². The number of likely N-dealkylation sites (tertiary alicyclic amines) is 1. The van der Waals surface area contributed by atoms with Gasteiger partial charge in [-0.1, -0.05) is 6.07 Å². The van der Waals surface area contributed by atoms with Gasteiger partial charge in [-0.3, -0.25) is 19.4 Å². The maximum Gasteiger partial charge on any atom is 0.335 e. The smallest absolute Gasteiger partial charge is 0.335 e. The van der Waals surface area contributed by atoms with E-state index in [0.29, 0.717) is 6.54 Å². The zero-order chi connectivity index (χ0) is 30.4. The molecule has 0 bridgehead atoms. The summed E-state index contributed by atoms with van der Waals surface area (Å²) in [6.07, 6.45) is -5.28. The molecule has 3 fully saturated rings. The predicted octanol–water partition coefficient (Wildman–Crippen LogP) is -1.49. The fourth-order valence-electron chi connectivity index (χ4n) is 5.42. The zero-order valence-corrected chi connectivity index (χ0v) is 23.1. The van der Waals surface area contributed by atoms with Gasteiger partial charge in [-0.25, -0.2) is 9.59 Å². The van der Waals surface area contributed by atoms with Gasteiger partial charge >= 0.3 is 11.9 Å². The lowest BCUT2D eigenvalue weighted by atomic mass is 9.78. The lowest BCUT2D eigenvalue weighted by Crippen LogP contribution is -2.47. The number of anilines is 1. The molecular formula is C27H39N3O11. The van der Waals surface area contributed by atoms with Crippen molar-refractivity contribution in [3.8, 4) is 5.75 Å². The molecule has 2 aliphatic heterocycles. The van der Waals surface area contributed by atoms with Crippen LogP contribution in [0, 0.1) is 18.8 Å². The van der Waals surface area contributed by atoms with Crippen LogP contribution in [0.1, 0.15) is 24.8 Å². The van der Waals surface area contributed by atoms with Crippen molar-refractivity contribution in [3.05, 3.63) is 23.8 Å². The summed E-state index contributed by atoms with van der Waals surface area (Å²) >= 11 is 0. The molecule has 0 aromatic heterocycles. The number of methoxy groups -OCH3 is 1. The number of aliphatic carboxylic acids is 2. The second-order valence-corrected chi connectivity index (χ2v) is 10.6. The van der Waals surface area contributed by atoms with Gasteiger partial charge in [0.25, 0.3) is 0 Å². The second kappa shape index (κ2) is 14.0. The fourth-order valence-corrected chi connectivity index (χ4v) is 5.42. The number of amides is 2. The normalized spacial score (nSPS) is 26.1. The molecule has 2 amide bonds. The molecule has 6 N–H and O–H groups in total. The van der Waals surface area contributed by atoms with Crippen molar-refractivity contribution >= 4 is 29.4 Å². The summed E-state index contributed by atoms with van der Waals surface area (Å²) in [6, 6.07) is 6.22. The van der Waals surface area contributed by atoms with Gasteiger partial charge in [0.1, 0.15) is 5.75 Å². The van der Waals surface area contributed by atoms with Crippen LogP contribution in [0.25, 0.3) is 0 Å². The molecule has 228 valence electrons. The number of benzene rings is 1. The Bertz CT molecular complexity index is 1060. The van der Waals surface area contributed by atoms with Crippen molar-refractivity contribution in [3.63, 3.8) is 0 Å². The van der Waals surface area contributed by atoms with E-state index in [1.54, 1.807) is 7.11 Å². The average Bonchev–Trinajstić information content (AvgIpc) is 3.16. The van der Waals surface area contributed by atoms with Gasteiger partial charge in [0.15, 0.2) is 12.2 Å². The number of piperazine rings is 1. The minimum absolute atomic E-state index is 0.178. The molecule has 1 saturated carbocycles. The van der Waals surface area contributed by atoms with Crippen molar-refractivity contribution < 1.29 is 54.6 Å². The average molecular weight is 582 g/mol. The Morgan fingerprint density at radius 3 is 1.88 bits per heavy atom. The van der Waals surface area contributed by atoms with Crippen LogP contribution in [0.5, 0.6) is 5.75 Å². The highest BCUT2D eigenvalue weighted by Crippen LogP contribution is 2.38. The molecule has 14 nitrogen and oxygen atoms in total. The number of ether oxygens (including phenoxy) is 1. The standard InChI is InChI=1S/C23H33N3O5.C4H6O6/c1-15-4-5-21(31-2)18(12-15)25-10-8-24(9-11-25)6-3-7-26-22(29)16-13-19(27)20(28)14-17(16)23(26)30;5-1(3(7)8)2(6)4(9)10/h4-5,12,16-17,19-20,27-28H,3,6-11,13-14H2,1-2H3;1-2,5-6H,(H,7,8)(H,9,10). The summed E-state index contributed by atoms with van der Waals surface area (Å²) in [7, 11) is 1.70. The van der Waals surface area contributed by atoms with Crippen LogP contribution in [0.2, 0.25) is 0 Å². The number of hydrogen-bond acceptors (Lipinski definition) is 11. The molecule has 2 heterocycles. The number of carbonyl (C=O) groups excluding carboxylic acids is 2. The number of hydrogen-bond donors (Lipinski definition) is 6. The van der Waals surface area contributed by atoms with Crippen LogP contribution in [0.3, 0.4) is 0 Å². The lowest BCUT2D eigenvalue weighted by molar-refractivity contribution is -0.165. The monoisotopic (exact) mass is 581 g/mol. The number of nitrogens with zero attached hydrogens (tertiary/aromatic N) is 3. The minimum Gasteiger partial charge on any atom is -0.495 e. The summed E-state index contributed by atoms with van der Waals surface area (Å²) in [4.78, 5) is 50.9. The number of aliphatic hydroxyl groups excluding tert-OH is 4. The second-order valence-electron chi connectivity index (χ2n) is 10.6. The number of carbonyl (C=O) groups is 4. The highest BCUT2D eigenvalue weighted by atomic mass is 16.5. The van der Waals surface area contributed by atoms with E-state index in [2.05, 4.69) is 28.9 Å². The molecule has 0 radical (unpaired) electrons. The quantitative estimate of drug-likeness (QED) is 0.184. The van der Waals surface area contributed by atoms with E-state index in [1.165, 1.54) is 10.5 Å². The molecule has 41 heavy (non-hydrogen) atoms. The van der Waals surface area contributed by atoms with E-state index in [1.807, 2.05) is 6.07 Å². The Labute approximate surface area is 237 Å². The molecule has 1 aliphatic carbocycles. The minimum atomic E-state index is -2.27. The Morgan fingerprint density at radius 2 is 1.41 bits per heavy atom. The Morgan fingerprint density at radius 1 is 0.902 bits per heavy atom. The first-order valence-electron chi connectivity index (χ1n) is 13.5. The maximum absolute atomic E-state index is 12.7. The number of aliphatic hydroxyl groups is 4. The van der Waals surface area contributed by atoms with E-state index >= 15 is 0 Å². The molecule has 1 aromatic carbocycles. The number of rotatable bonds is 9. The van der Waals surface area contributed by atoms with Gasteiger partial charge in [0.05, 0.1) is 36.8 Å². The molecule has 1 aromatic rings. The van der Waals surface area contributed by atoms with Gasteiger partial charge in [-0.05, 0) is 50.4 Å². The molecule has 0 spiro atoms. The SMILES string of the molecule is COc1ccc(C)cc1N1CCN(CCCN2C(=O)C3CC(O)C(O)CC3C2=O)CC1.O=C(O)C(O)C(O)C(=O)O. The molecule has 6 atom stereocenters. The third kappa shape index (κ3) is 7.71. The van der Waals surface area contributed by atoms with Gasteiger partial charge < -0.3 is 40.3 Å². The first kappa shape index (κ1) is 32.2. The number of fused-ring (bicyclic) bond motifs is 1. The van der Waals surface area contributed by atoms with E-state index in [0.717, 1.165) is 50.6 Å². The van der Waals surface area contributed by atoms with E-state index in [9.17, 15) is 29.4 Å². The van der Waals surface area contributed by atoms with Crippen molar-refractivity contribution in [2.75, 3.05) is 51.3 Å². The third-order valence-electron chi connectivity index (χ3n) is 7.80. The summed E-state index contributed by atoms with van der Waals surface area (Å²) in [5, 5.41) is 52.3. The number of carboxylic acid groups (broad SMARTS) is 2. The van der Waals surface area contributed by atoms with Crippen LogP contribution in [-0.2, 0) is 19.2 Å². The number of carboxylic acids is 2. The molecular weight excluding hydrogens is 542 g/mol. The predicted molar refractivity (Wildman–Crippen MR) is 143 cm³/mol. The van der Waals surface area contributed by atoms with Crippen molar-refractivity contribution in [1.29, 1.82) is 0 Å². The summed E-state index contributed by atoms with van der Waals surface area (Å²) in [5.74, 6) is -3.96. The largest absolute Gasteiger partial charge is 0.495 e. The first-order valence-corrected chi connectivity index (χ1v) is 13.5. The van der Waals surface area contributed by atoms with Gasteiger partial charge in [0.2, 0.25) is 11.8 Å². The van der Waals surface area contributed by atoms with Gasteiger partial charge in [0, 0.05) is 32.7 Å². The van der Waals surface area contributed by atoms with Gasteiger partial charge in [-0.15, -0.1) is 0 Å². The number of aryl methyl sites for hydroxylation is 1. The summed E-state index contributed by atoms with van der Waals surface area (Å²) < 4.78 is 5.52. The topological polar surface area (TPSA) is 209 Å². The van der Waals surface area contributed by atoms with Crippen LogP contribution in [-0.4, -0.2) is 135 Å². The summed E-state index contributed by atoms with van der Waals surface area (Å²) in [6.45, 7) is 6.96. The Hall–Kier alpha value is -3.30. The first-order chi connectivity index (χ1) is 19.3. The van der Waals surface area contributed by atoms with E-state index in [-0.39, 0.29) is 24.7 Å². The highest BCUT2D eigenvalue weighted by molar-refractivity contribution is 6.05.